The number of hydrogen-bond donors (Lipinski definition) is 0. The van der Waals surface area contributed by atoms with Gasteiger partial charge >= 0.3 is 0 Å². The number of aromatic nitrogens is 3. The highest BCUT2D eigenvalue weighted by molar-refractivity contribution is 6.21. The number of hydrogen-bond acceptors (Lipinski definition) is 4. The zero-order valence-corrected chi connectivity index (χ0v) is 35.7. The lowest BCUT2D eigenvalue weighted by molar-refractivity contribution is 0.794. The van der Waals surface area contributed by atoms with Gasteiger partial charge in [-0.25, -0.2) is 15.0 Å². The Bertz CT molecular complexity index is 3600. The molecule has 3 aliphatic rings. The molecule has 0 atom stereocenters. The van der Waals surface area contributed by atoms with Gasteiger partial charge < -0.3 is 4.90 Å². The van der Waals surface area contributed by atoms with E-state index < -0.39 is 5.41 Å². The molecule has 306 valence electrons. The van der Waals surface area contributed by atoms with Gasteiger partial charge in [-0.15, -0.1) is 0 Å². The van der Waals surface area contributed by atoms with Crippen LogP contribution in [0, 0.1) is 0 Å². The van der Waals surface area contributed by atoms with Crippen molar-refractivity contribution in [2.75, 3.05) is 4.90 Å². The van der Waals surface area contributed by atoms with Crippen LogP contribution in [-0.4, -0.2) is 15.0 Å². The van der Waals surface area contributed by atoms with E-state index in [1.807, 2.05) is 12.1 Å². The van der Waals surface area contributed by atoms with Crippen molar-refractivity contribution in [3.8, 4) is 78.7 Å². The number of benzene rings is 10. The summed E-state index contributed by atoms with van der Waals surface area (Å²) in [6.07, 6.45) is 0. The fraction of sp³-hybridized carbons (Fsp3) is 0.0161. The lowest BCUT2D eigenvalue weighted by atomic mass is 9.69. The van der Waals surface area contributed by atoms with Gasteiger partial charge in [0.2, 0.25) is 0 Å². The Balaban J connectivity index is 1.16. The van der Waals surface area contributed by atoms with E-state index in [2.05, 4.69) is 223 Å². The van der Waals surface area contributed by atoms with Crippen LogP contribution in [0.4, 0.5) is 17.1 Å². The molecule has 14 rings (SSSR count). The molecular formula is C62H38N4. The fourth-order valence-electron chi connectivity index (χ4n) is 11.4. The van der Waals surface area contributed by atoms with Crippen molar-refractivity contribution >= 4 is 27.8 Å². The third-order valence-corrected chi connectivity index (χ3v) is 14.0. The average Bonchev–Trinajstić information content (AvgIpc) is 3.99. The molecule has 1 aromatic heterocycles. The van der Waals surface area contributed by atoms with Gasteiger partial charge in [0.25, 0.3) is 0 Å². The van der Waals surface area contributed by atoms with Crippen molar-refractivity contribution in [3.63, 3.8) is 0 Å². The molecule has 0 fully saturated rings. The van der Waals surface area contributed by atoms with Crippen molar-refractivity contribution in [2.24, 2.45) is 0 Å². The number of rotatable bonds is 6. The van der Waals surface area contributed by atoms with E-state index in [-0.39, 0.29) is 0 Å². The maximum absolute atomic E-state index is 5.55. The molecule has 1 heterocycles. The van der Waals surface area contributed by atoms with Gasteiger partial charge in [0.05, 0.1) is 5.41 Å². The third kappa shape index (κ3) is 5.12. The molecule has 0 radical (unpaired) electrons. The van der Waals surface area contributed by atoms with Crippen LogP contribution in [0.3, 0.4) is 0 Å². The van der Waals surface area contributed by atoms with Crippen LogP contribution < -0.4 is 4.90 Å². The van der Waals surface area contributed by atoms with Gasteiger partial charge in [-0.3, -0.25) is 0 Å². The summed E-state index contributed by atoms with van der Waals surface area (Å²) in [6.45, 7) is 0. The summed E-state index contributed by atoms with van der Waals surface area (Å²) in [7, 11) is 0. The van der Waals surface area contributed by atoms with E-state index in [0.717, 1.165) is 44.9 Å². The van der Waals surface area contributed by atoms with E-state index in [0.29, 0.717) is 17.5 Å². The topological polar surface area (TPSA) is 41.9 Å². The molecule has 0 saturated carbocycles. The molecule has 1 spiro atoms. The first-order valence-electron chi connectivity index (χ1n) is 22.6. The third-order valence-electron chi connectivity index (χ3n) is 14.0. The highest BCUT2D eigenvalue weighted by atomic mass is 15.1. The lowest BCUT2D eigenvalue weighted by Gasteiger charge is -2.32. The van der Waals surface area contributed by atoms with E-state index >= 15 is 0 Å². The van der Waals surface area contributed by atoms with E-state index in [1.165, 1.54) is 66.4 Å². The molecule has 0 bridgehead atoms. The number of fused-ring (bicyclic) bond motifs is 13. The second-order valence-corrected chi connectivity index (χ2v) is 17.4. The largest absolute Gasteiger partial charge is 0.310 e. The quantitative estimate of drug-likeness (QED) is 0.167. The van der Waals surface area contributed by atoms with Gasteiger partial charge in [-0.05, 0) is 114 Å². The van der Waals surface area contributed by atoms with Crippen molar-refractivity contribution in [3.05, 3.63) is 253 Å². The van der Waals surface area contributed by atoms with Crippen LogP contribution in [0.15, 0.2) is 231 Å². The Hall–Kier alpha value is -8.73. The lowest BCUT2D eigenvalue weighted by Crippen LogP contribution is -2.26. The molecule has 66 heavy (non-hydrogen) atoms. The first-order chi connectivity index (χ1) is 32.8. The molecule has 3 aliphatic carbocycles. The zero-order valence-electron chi connectivity index (χ0n) is 35.7. The fourth-order valence-corrected chi connectivity index (χ4v) is 11.4. The normalized spacial score (nSPS) is 13.0. The first kappa shape index (κ1) is 36.7. The second-order valence-electron chi connectivity index (χ2n) is 17.4. The zero-order chi connectivity index (χ0) is 43.3. The molecule has 0 unspecified atom stereocenters. The summed E-state index contributed by atoms with van der Waals surface area (Å²) in [4.78, 5) is 18.7. The molecule has 0 N–H and O–H groups in total. The Morgan fingerprint density at radius 2 is 0.788 bits per heavy atom. The van der Waals surface area contributed by atoms with Crippen LogP contribution >= 0.6 is 0 Å². The van der Waals surface area contributed by atoms with Crippen LogP contribution in [0.25, 0.3) is 89.4 Å². The first-order valence-corrected chi connectivity index (χ1v) is 22.6. The summed E-state index contributed by atoms with van der Waals surface area (Å²) in [5.74, 6) is 1.93. The minimum absolute atomic E-state index is 0.640. The Kier molecular flexibility index (Phi) is 7.87. The average molecular weight is 839 g/mol. The van der Waals surface area contributed by atoms with E-state index in [4.69, 9.17) is 15.0 Å². The predicted octanol–water partition coefficient (Wildman–Crippen LogP) is 15.5. The highest BCUT2D eigenvalue weighted by Crippen LogP contribution is 2.67. The maximum Gasteiger partial charge on any atom is 0.165 e. The minimum atomic E-state index is -0.670. The summed E-state index contributed by atoms with van der Waals surface area (Å²) >= 11 is 0. The summed E-state index contributed by atoms with van der Waals surface area (Å²) in [5.41, 5.74) is 20.2. The molecule has 10 aromatic carbocycles. The Labute approximate surface area is 382 Å². The van der Waals surface area contributed by atoms with Crippen LogP contribution in [0.5, 0.6) is 0 Å². The van der Waals surface area contributed by atoms with Gasteiger partial charge in [0.1, 0.15) is 0 Å². The Morgan fingerprint density at radius 3 is 1.38 bits per heavy atom. The van der Waals surface area contributed by atoms with Crippen molar-refractivity contribution < 1.29 is 0 Å². The molecular weight excluding hydrogens is 801 g/mol. The second kappa shape index (κ2) is 14.1. The van der Waals surface area contributed by atoms with Crippen LogP contribution in [0.1, 0.15) is 22.3 Å². The van der Waals surface area contributed by atoms with Crippen molar-refractivity contribution in [2.45, 2.75) is 5.41 Å². The molecule has 4 nitrogen and oxygen atoms in total. The highest BCUT2D eigenvalue weighted by Gasteiger charge is 2.53. The Morgan fingerprint density at radius 1 is 0.288 bits per heavy atom. The molecule has 4 heteroatoms. The van der Waals surface area contributed by atoms with Gasteiger partial charge in [-0.2, -0.15) is 0 Å². The molecule has 0 aliphatic heterocycles. The summed E-state index contributed by atoms with van der Waals surface area (Å²) in [6, 6.07) is 83.3. The van der Waals surface area contributed by atoms with Gasteiger partial charge in [0.15, 0.2) is 17.5 Å². The van der Waals surface area contributed by atoms with Crippen molar-refractivity contribution in [1.29, 1.82) is 0 Å². The van der Waals surface area contributed by atoms with Crippen LogP contribution in [0.2, 0.25) is 0 Å². The minimum Gasteiger partial charge on any atom is -0.310 e. The van der Waals surface area contributed by atoms with Gasteiger partial charge in [0, 0.05) is 39.3 Å². The number of anilines is 3. The molecule has 11 aromatic rings. The van der Waals surface area contributed by atoms with Crippen LogP contribution in [-0.2, 0) is 5.41 Å². The maximum atomic E-state index is 5.55. The summed E-state index contributed by atoms with van der Waals surface area (Å²) < 4.78 is 0. The molecule has 0 saturated heterocycles. The molecule has 0 amide bonds. The number of nitrogens with zero attached hydrogens (tertiary/aromatic N) is 4. The SMILES string of the molecule is c1ccc(-c2nc(-c3ccccc3)nc(-c3c4c(cc5c3-c3ccc(N(c6ccccc6)c6ccccc6)cc3C53c5ccccc5-c5ccccc53)-c3cccc5cccc-4c35)n2)cc1. The van der Waals surface area contributed by atoms with Crippen molar-refractivity contribution in [1.82, 2.24) is 15.0 Å². The standard InChI is InChI=1S/C62H38N4/c1-5-19-40(20-6-1)59-63-60(41-21-7-2-8-22-41)65-61(64-59)58-56-49-32-18-24-39-23-17-31-47(55(39)49)50(56)38-54-57(58)48-36-35-44(66(42-25-9-3-10-26-42)43-27-11-4-12-28-43)37-53(48)62(54)51-33-15-13-29-45(51)46-30-14-16-34-52(46)62/h1-38H. The van der Waals surface area contributed by atoms with E-state index in [1.54, 1.807) is 0 Å². The van der Waals surface area contributed by atoms with E-state index in [9.17, 15) is 0 Å². The van der Waals surface area contributed by atoms with Gasteiger partial charge in [-0.1, -0.05) is 188 Å². The summed E-state index contributed by atoms with van der Waals surface area (Å²) in [5, 5.41) is 2.48. The smallest absolute Gasteiger partial charge is 0.165 e. The number of para-hydroxylation sites is 2. The monoisotopic (exact) mass is 838 g/mol. The predicted molar refractivity (Wildman–Crippen MR) is 269 cm³/mol.